The van der Waals surface area contributed by atoms with Gasteiger partial charge in [0.2, 0.25) is 5.91 Å². The Balaban J connectivity index is 1.62. The molecule has 2 aliphatic rings. The summed E-state index contributed by atoms with van der Waals surface area (Å²) in [6.07, 6.45) is 1.12. The second-order valence-corrected chi connectivity index (χ2v) is 6.53. The van der Waals surface area contributed by atoms with Gasteiger partial charge in [-0.05, 0) is 24.8 Å². The van der Waals surface area contributed by atoms with Gasteiger partial charge in [-0.1, -0.05) is 13.8 Å². The molecule has 2 fully saturated rings. The van der Waals surface area contributed by atoms with Crippen LogP contribution in [0, 0.1) is 5.92 Å². The standard InChI is InChI=1S/C15H22N4O3/c1-8(2)10-5-11(18-17-10)15(22)19-6-12(13(20)7-19)16-14(21)9-3-4-9/h5,8-9,12-13,20H,3-4,6-7H2,1-2H3,(H,16,21)(H,17,18)/t12-,13-/m0/s1. The van der Waals surface area contributed by atoms with Crippen LogP contribution in [0.25, 0.3) is 0 Å². The van der Waals surface area contributed by atoms with Gasteiger partial charge >= 0.3 is 0 Å². The minimum absolute atomic E-state index is 0.0121. The highest BCUT2D eigenvalue weighted by molar-refractivity contribution is 5.92. The topological polar surface area (TPSA) is 98.3 Å². The molecule has 0 unspecified atom stereocenters. The average molecular weight is 306 g/mol. The van der Waals surface area contributed by atoms with E-state index < -0.39 is 6.10 Å². The molecule has 3 N–H and O–H groups in total. The van der Waals surface area contributed by atoms with E-state index in [2.05, 4.69) is 15.5 Å². The molecule has 1 aliphatic carbocycles. The lowest BCUT2D eigenvalue weighted by Gasteiger charge is -2.16. The van der Waals surface area contributed by atoms with Crippen LogP contribution in [0.5, 0.6) is 0 Å². The van der Waals surface area contributed by atoms with E-state index >= 15 is 0 Å². The van der Waals surface area contributed by atoms with Crippen molar-refractivity contribution in [1.82, 2.24) is 20.4 Å². The summed E-state index contributed by atoms with van der Waals surface area (Å²) in [5.74, 6) is 0.134. The smallest absolute Gasteiger partial charge is 0.272 e. The maximum Gasteiger partial charge on any atom is 0.272 e. The molecule has 0 aromatic carbocycles. The van der Waals surface area contributed by atoms with Crippen molar-refractivity contribution in [3.05, 3.63) is 17.5 Å². The van der Waals surface area contributed by atoms with Crippen molar-refractivity contribution in [3.63, 3.8) is 0 Å². The predicted molar refractivity (Wildman–Crippen MR) is 79.2 cm³/mol. The van der Waals surface area contributed by atoms with Crippen molar-refractivity contribution in [2.24, 2.45) is 5.92 Å². The van der Waals surface area contributed by atoms with Gasteiger partial charge in [0, 0.05) is 19.0 Å². The van der Waals surface area contributed by atoms with Crippen LogP contribution in [0.15, 0.2) is 6.07 Å². The van der Waals surface area contributed by atoms with Crippen LogP contribution in [0.3, 0.4) is 0 Å². The summed E-state index contributed by atoms with van der Waals surface area (Å²) in [5, 5.41) is 19.8. The summed E-state index contributed by atoms with van der Waals surface area (Å²) < 4.78 is 0. The number of carbonyl (C=O) groups excluding carboxylic acids is 2. The highest BCUT2D eigenvalue weighted by atomic mass is 16.3. The van der Waals surface area contributed by atoms with Crippen LogP contribution in [-0.4, -0.2) is 57.3 Å². The van der Waals surface area contributed by atoms with E-state index in [0.29, 0.717) is 12.2 Å². The fraction of sp³-hybridized carbons (Fsp3) is 0.667. The molecular weight excluding hydrogens is 284 g/mol. The van der Waals surface area contributed by atoms with Crippen molar-refractivity contribution in [1.29, 1.82) is 0 Å². The third-order valence-electron chi connectivity index (χ3n) is 4.27. The quantitative estimate of drug-likeness (QED) is 0.742. The van der Waals surface area contributed by atoms with Crippen molar-refractivity contribution in [2.45, 2.75) is 44.8 Å². The predicted octanol–water partition coefficient (Wildman–Crippen LogP) is 0.245. The van der Waals surface area contributed by atoms with Crippen molar-refractivity contribution >= 4 is 11.8 Å². The zero-order chi connectivity index (χ0) is 15.9. The molecule has 7 nitrogen and oxygen atoms in total. The number of aromatic amines is 1. The third-order valence-corrected chi connectivity index (χ3v) is 4.27. The Hall–Kier alpha value is -1.89. The molecule has 0 bridgehead atoms. The molecule has 2 atom stereocenters. The van der Waals surface area contributed by atoms with Crippen LogP contribution in [-0.2, 0) is 4.79 Å². The number of nitrogens with zero attached hydrogens (tertiary/aromatic N) is 2. The van der Waals surface area contributed by atoms with Crippen LogP contribution in [0.4, 0.5) is 0 Å². The van der Waals surface area contributed by atoms with E-state index in [0.717, 1.165) is 18.5 Å². The number of H-pyrrole nitrogens is 1. The van der Waals surface area contributed by atoms with E-state index in [1.165, 1.54) is 0 Å². The Kier molecular flexibility index (Phi) is 3.90. The van der Waals surface area contributed by atoms with Gasteiger partial charge < -0.3 is 15.3 Å². The molecular formula is C15H22N4O3. The Morgan fingerprint density at radius 3 is 2.73 bits per heavy atom. The summed E-state index contributed by atoms with van der Waals surface area (Å²) >= 11 is 0. The maximum atomic E-state index is 12.4. The number of β-amino-alcohol motifs (C(OH)–C–C–N with tert-alkyl or cyclic N) is 1. The number of hydrogen-bond acceptors (Lipinski definition) is 4. The zero-order valence-electron chi connectivity index (χ0n) is 12.9. The molecule has 1 aromatic heterocycles. The summed E-state index contributed by atoms with van der Waals surface area (Å²) in [7, 11) is 0. The Morgan fingerprint density at radius 2 is 2.14 bits per heavy atom. The van der Waals surface area contributed by atoms with Crippen molar-refractivity contribution < 1.29 is 14.7 Å². The van der Waals surface area contributed by atoms with Gasteiger partial charge in [-0.25, -0.2) is 0 Å². The molecule has 1 aliphatic heterocycles. The number of likely N-dealkylation sites (tertiary alicyclic amines) is 1. The molecule has 1 saturated carbocycles. The van der Waals surface area contributed by atoms with Gasteiger partial charge in [0.15, 0.2) is 0 Å². The van der Waals surface area contributed by atoms with Crippen LogP contribution < -0.4 is 5.32 Å². The second-order valence-electron chi connectivity index (χ2n) is 6.53. The van der Waals surface area contributed by atoms with Gasteiger partial charge in [0.25, 0.3) is 5.91 Å². The van der Waals surface area contributed by atoms with E-state index in [1.54, 1.807) is 11.0 Å². The maximum absolute atomic E-state index is 12.4. The number of aliphatic hydroxyl groups is 1. The summed E-state index contributed by atoms with van der Waals surface area (Å²) in [5.41, 5.74) is 1.26. The van der Waals surface area contributed by atoms with E-state index in [1.807, 2.05) is 13.8 Å². The number of carbonyl (C=O) groups is 2. The molecule has 120 valence electrons. The SMILES string of the molecule is CC(C)c1cc(C(=O)N2C[C@H](NC(=O)C3CC3)[C@@H](O)C2)[nH]n1. The minimum Gasteiger partial charge on any atom is -0.389 e. The molecule has 7 heteroatoms. The highest BCUT2D eigenvalue weighted by Gasteiger charge is 2.38. The molecule has 3 rings (SSSR count). The summed E-state index contributed by atoms with van der Waals surface area (Å²) in [6.45, 7) is 4.57. The van der Waals surface area contributed by atoms with E-state index in [9.17, 15) is 14.7 Å². The fourth-order valence-electron chi connectivity index (χ4n) is 2.65. The molecule has 2 amide bonds. The first kappa shape index (κ1) is 15.0. The molecule has 0 spiro atoms. The number of nitrogens with one attached hydrogen (secondary N) is 2. The lowest BCUT2D eigenvalue weighted by molar-refractivity contribution is -0.123. The summed E-state index contributed by atoms with van der Waals surface area (Å²) in [4.78, 5) is 25.8. The second kappa shape index (κ2) is 5.72. The van der Waals surface area contributed by atoms with Gasteiger partial charge in [0.1, 0.15) is 5.69 Å². The highest BCUT2D eigenvalue weighted by Crippen LogP contribution is 2.29. The number of hydrogen-bond donors (Lipinski definition) is 3. The van der Waals surface area contributed by atoms with E-state index in [4.69, 9.17) is 0 Å². The first-order valence-corrected chi connectivity index (χ1v) is 7.78. The number of aliphatic hydroxyl groups excluding tert-OH is 1. The van der Waals surface area contributed by atoms with Gasteiger partial charge in [-0.2, -0.15) is 5.10 Å². The van der Waals surface area contributed by atoms with Gasteiger partial charge in [-0.3, -0.25) is 14.7 Å². The summed E-state index contributed by atoms with van der Waals surface area (Å²) in [6, 6.07) is 1.36. The minimum atomic E-state index is -0.723. The number of amides is 2. The van der Waals surface area contributed by atoms with Gasteiger partial charge in [0.05, 0.1) is 17.8 Å². The molecule has 22 heavy (non-hydrogen) atoms. The Morgan fingerprint density at radius 1 is 1.41 bits per heavy atom. The van der Waals surface area contributed by atoms with Crippen molar-refractivity contribution in [2.75, 3.05) is 13.1 Å². The molecule has 1 aromatic rings. The lowest BCUT2D eigenvalue weighted by Crippen LogP contribution is -2.43. The third kappa shape index (κ3) is 2.99. The van der Waals surface area contributed by atoms with Crippen LogP contribution in [0.2, 0.25) is 0 Å². The monoisotopic (exact) mass is 306 g/mol. The largest absolute Gasteiger partial charge is 0.389 e. The normalized spacial score (nSPS) is 24.8. The number of rotatable bonds is 4. The number of aromatic nitrogens is 2. The molecule has 0 radical (unpaired) electrons. The molecule has 2 heterocycles. The first-order chi connectivity index (χ1) is 10.5. The van der Waals surface area contributed by atoms with Crippen LogP contribution >= 0.6 is 0 Å². The zero-order valence-corrected chi connectivity index (χ0v) is 12.9. The fourth-order valence-corrected chi connectivity index (χ4v) is 2.65. The van der Waals surface area contributed by atoms with Gasteiger partial charge in [-0.15, -0.1) is 0 Å². The van der Waals surface area contributed by atoms with E-state index in [-0.39, 0.29) is 36.2 Å². The first-order valence-electron chi connectivity index (χ1n) is 7.78. The Labute approximate surface area is 129 Å². The Bertz CT molecular complexity index is 579. The average Bonchev–Trinajstić information content (AvgIpc) is 3.10. The lowest BCUT2D eigenvalue weighted by atomic mass is 10.1. The van der Waals surface area contributed by atoms with Crippen LogP contribution in [0.1, 0.15) is 48.8 Å². The van der Waals surface area contributed by atoms with Crippen molar-refractivity contribution in [3.8, 4) is 0 Å². The molecule has 1 saturated heterocycles.